The molecule has 3 rings (SSSR count). The van der Waals surface area contributed by atoms with E-state index in [0.717, 1.165) is 25.2 Å². The first-order valence-corrected chi connectivity index (χ1v) is 12.6. The first-order chi connectivity index (χ1) is 16.2. The maximum Gasteiger partial charge on any atom is 0.261 e. The molecule has 0 saturated carbocycles. The molecule has 180 valence electrons. The summed E-state index contributed by atoms with van der Waals surface area (Å²) in [6, 6.07) is 18.8. The van der Waals surface area contributed by atoms with Crippen LogP contribution < -0.4 is 14.8 Å². The van der Waals surface area contributed by atoms with Crippen molar-refractivity contribution in [1.29, 1.82) is 0 Å². The summed E-state index contributed by atoms with van der Waals surface area (Å²) in [5.41, 5.74) is 3.14. The van der Waals surface area contributed by atoms with Crippen LogP contribution in [0.1, 0.15) is 35.3 Å². The van der Waals surface area contributed by atoms with Crippen LogP contribution in [0.4, 0.5) is 11.4 Å². The molecule has 3 aromatic rings. The van der Waals surface area contributed by atoms with Gasteiger partial charge >= 0.3 is 0 Å². The summed E-state index contributed by atoms with van der Waals surface area (Å²) in [6.45, 7) is 8.68. The van der Waals surface area contributed by atoms with E-state index in [1.165, 1.54) is 12.1 Å². The lowest BCUT2D eigenvalue weighted by Gasteiger charge is -2.18. The smallest absolute Gasteiger partial charge is 0.261 e. The molecule has 0 heterocycles. The average molecular weight is 482 g/mol. The molecular formula is C26H31N3O4S. The Hall–Kier alpha value is -3.36. The Morgan fingerprint density at radius 3 is 2.29 bits per heavy atom. The lowest BCUT2D eigenvalue weighted by Crippen LogP contribution is -2.22. The van der Waals surface area contributed by atoms with Crippen LogP contribution in [-0.2, 0) is 16.6 Å². The molecule has 0 radical (unpaired) electrons. The van der Waals surface area contributed by atoms with E-state index in [1.807, 2.05) is 24.3 Å². The summed E-state index contributed by atoms with van der Waals surface area (Å²) in [5, 5.41) is 2.90. The molecule has 2 N–H and O–H groups in total. The molecule has 0 spiro atoms. The monoisotopic (exact) mass is 481 g/mol. The van der Waals surface area contributed by atoms with Crippen molar-refractivity contribution in [3.05, 3.63) is 83.4 Å². The summed E-state index contributed by atoms with van der Waals surface area (Å²) in [6.07, 6.45) is 0. The number of nitrogens with zero attached hydrogens (tertiary/aromatic N) is 1. The minimum atomic E-state index is -3.88. The number of benzene rings is 3. The van der Waals surface area contributed by atoms with E-state index < -0.39 is 10.0 Å². The van der Waals surface area contributed by atoms with Gasteiger partial charge in [0.25, 0.3) is 15.9 Å². The molecule has 0 atom stereocenters. The molecule has 0 saturated heterocycles. The number of ether oxygens (including phenoxy) is 1. The topological polar surface area (TPSA) is 87.7 Å². The number of methoxy groups -OCH3 is 1. The summed E-state index contributed by atoms with van der Waals surface area (Å²) in [4.78, 5) is 15.3. The zero-order valence-corrected chi connectivity index (χ0v) is 20.8. The van der Waals surface area contributed by atoms with Gasteiger partial charge in [0, 0.05) is 23.5 Å². The van der Waals surface area contributed by atoms with Crippen molar-refractivity contribution >= 4 is 27.3 Å². The molecular weight excluding hydrogens is 450 g/mol. The third kappa shape index (κ3) is 6.36. The van der Waals surface area contributed by atoms with Crippen LogP contribution in [0.2, 0.25) is 0 Å². The zero-order valence-electron chi connectivity index (χ0n) is 20.0. The molecule has 0 unspecified atom stereocenters. The standard InChI is InChI=1S/C26H31N3O4S/c1-5-29(6-2)18-20-8-7-9-22(16-20)27-26(30)25-17-24(15-10-19(25)3)34(31,32)28-21-11-13-23(33-4)14-12-21/h7-17,28H,5-6,18H2,1-4H3,(H,27,30). The molecule has 0 fully saturated rings. The van der Waals surface area contributed by atoms with Gasteiger partial charge in [0.1, 0.15) is 5.75 Å². The highest BCUT2D eigenvalue weighted by atomic mass is 32.2. The Labute approximate surface area is 201 Å². The number of hydrogen-bond donors (Lipinski definition) is 2. The van der Waals surface area contributed by atoms with E-state index in [0.29, 0.717) is 28.3 Å². The number of sulfonamides is 1. The molecule has 34 heavy (non-hydrogen) atoms. The van der Waals surface area contributed by atoms with Gasteiger partial charge in [-0.2, -0.15) is 0 Å². The van der Waals surface area contributed by atoms with Gasteiger partial charge in [0.2, 0.25) is 0 Å². The zero-order chi connectivity index (χ0) is 24.7. The maximum absolute atomic E-state index is 13.0. The van der Waals surface area contributed by atoms with Crippen molar-refractivity contribution in [2.75, 3.05) is 30.2 Å². The fraction of sp³-hybridized carbons (Fsp3) is 0.269. The second-order valence-electron chi connectivity index (χ2n) is 7.93. The van der Waals surface area contributed by atoms with Crippen LogP contribution in [0.25, 0.3) is 0 Å². The largest absolute Gasteiger partial charge is 0.497 e. The maximum atomic E-state index is 13.0. The van der Waals surface area contributed by atoms with Crippen molar-refractivity contribution in [1.82, 2.24) is 4.90 Å². The van der Waals surface area contributed by atoms with E-state index in [1.54, 1.807) is 44.4 Å². The molecule has 0 bridgehead atoms. The summed E-state index contributed by atoms with van der Waals surface area (Å²) < 4.78 is 33.5. The third-order valence-corrected chi connectivity index (χ3v) is 6.97. The van der Waals surface area contributed by atoms with Crippen molar-refractivity contribution in [2.24, 2.45) is 0 Å². The number of carbonyl (C=O) groups excluding carboxylic acids is 1. The molecule has 0 aromatic heterocycles. The van der Waals surface area contributed by atoms with E-state index >= 15 is 0 Å². The predicted molar refractivity (Wildman–Crippen MR) is 136 cm³/mol. The number of rotatable bonds is 10. The van der Waals surface area contributed by atoms with E-state index in [-0.39, 0.29) is 10.8 Å². The summed E-state index contributed by atoms with van der Waals surface area (Å²) >= 11 is 0. The number of anilines is 2. The van der Waals surface area contributed by atoms with Crippen LogP contribution in [-0.4, -0.2) is 39.4 Å². The quantitative estimate of drug-likeness (QED) is 0.430. The molecule has 0 aliphatic carbocycles. The Bertz CT molecular complexity index is 1240. The number of nitrogens with one attached hydrogen (secondary N) is 2. The highest BCUT2D eigenvalue weighted by Crippen LogP contribution is 2.22. The van der Waals surface area contributed by atoms with Gasteiger partial charge in [-0.3, -0.25) is 14.4 Å². The van der Waals surface area contributed by atoms with Crippen LogP contribution >= 0.6 is 0 Å². The molecule has 0 aliphatic heterocycles. The van der Waals surface area contributed by atoms with E-state index in [9.17, 15) is 13.2 Å². The van der Waals surface area contributed by atoms with Crippen LogP contribution in [0.5, 0.6) is 5.75 Å². The van der Waals surface area contributed by atoms with Gasteiger partial charge < -0.3 is 10.1 Å². The molecule has 7 nitrogen and oxygen atoms in total. The lowest BCUT2D eigenvalue weighted by atomic mass is 10.1. The van der Waals surface area contributed by atoms with Crippen molar-refractivity contribution in [3.63, 3.8) is 0 Å². The Morgan fingerprint density at radius 1 is 0.941 bits per heavy atom. The van der Waals surface area contributed by atoms with Gasteiger partial charge in [-0.25, -0.2) is 8.42 Å². The Balaban J connectivity index is 1.79. The van der Waals surface area contributed by atoms with E-state index in [4.69, 9.17) is 4.74 Å². The summed E-state index contributed by atoms with van der Waals surface area (Å²) in [5.74, 6) is 0.261. The van der Waals surface area contributed by atoms with Gasteiger partial charge in [-0.15, -0.1) is 0 Å². The van der Waals surface area contributed by atoms with Crippen LogP contribution in [0.3, 0.4) is 0 Å². The predicted octanol–water partition coefficient (Wildman–Crippen LogP) is 4.90. The number of carbonyl (C=O) groups is 1. The van der Waals surface area contributed by atoms with Gasteiger partial charge in [-0.05, 0) is 79.7 Å². The van der Waals surface area contributed by atoms with Gasteiger partial charge in [-0.1, -0.05) is 32.0 Å². The SMILES string of the molecule is CCN(CC)Cc1cccc(NC(=O)c2cc(S(=O)(=O)Nc3ccc(OC)cc3)ccc2C)c1. The van der Waals surface area contributed by atoms with Gasteiger partial charge in [0.05, 0.1) is 12.0 Å². The second-order valence-corrected chi connectivity index (χ2v) is 9.61. The number of hydrogen-bond acceptors (Lipinski definition) is 5. The minimum absolute atomic E-state index is 0.00866. The van der Waals surface area contributed by atoms with Gasteiger partial charge in [0.15, 0.2) is 0 Å². The van der Waals surface area contributed by atoms with Crippen LogP contribution in [0, 0.1) is 6.92 Å². The van der Waals surface area contributed by atoms with Crippen molar-refractivity contribution < 1.29 is 17.9 Å². The van der Waals surface area contributed by atoms with Crippen LogP contribution in [0.15, 0.2) is 71.6 Å². The van der Waals surface area contributed by atoms with Crippen molar-refractivity contribution in [3.8, 4) is 5.75 Å². The van der Waals surface area contributed by atoms with Crippen molar-refractivity contribution in [2.45, 2.75) is 32.2 Å². The van der Waals surface area contributed by atoms with E-state index in [2.05, 4.69) is 28.8 Å². The first kappa shape index (κ1) is 25.3. The Kier molecular flexibility index (Phi) is 8.31. The summed E-state index contributed by atoms with van der Waals surface area (Å²) in [7, 11) is -2.34. The first-order valence-electron chi connectivity index (χ1n) is 11.2. The fourth-order valence-corrected chi connectivity index (χ4v) is 4.62. The minimum Gasteiger partial charge on any atom is -0.497 e. The molecule has 8 heteroatoms. The lowest BCUT2D eigenvalue weighted by molar-refractivity contribution is 0.102. The molecule has 3 aromatic carbocycles. The second kappa shape index (κ2) is 11.2. The number of aryl methyl sites for hydroxylation is 1. The molecule has 0 aliphatic rings. The average Bonchev–Trinajstić information content (AvgIpc) is 2.83. The third-order valence-electron chi connectivity index (χ3n) is 5.59. The fourth-order valence-electron chi connectivity index (χ4n) is 3.54. The molecule has 1 amide bonds. The number of amides is 1. The highest BCUT2D eigenvalue weighted by molar-refractivity contribution is 7.92. The Morgan fingerprint density at radius 2 is 1.65 bits per heavy atom. The highest BCUT2D eigenvalue weighted by Gasteiger charge is 2.19. The normalized spacial score (nSPS) is 11.3.